The molecule has 0 bridgehead atoms. The van der Waals surface area contributed by atoms with Crippen LogP contribution < -0.4 is 0 Å². The summed E-state index contributed by atoms with van der Waals surface area (Å²) < 4.78 is 1.11. The molecule has 1 unspecified atom stereocenters. The lowest BCUT2D eigenvalue weighted by atomic mass is 10.0. The quantitative estimate of drug-likeness (QED) is 0.738. The third kappa shape index (κ3) is 1.49. The van der Waals surface area contributed by atoms with Crippen LogP contribution in [-0.2, 0) is 11.2 Å². The van der Waals surface area contributed by atoms with Crippen molar-refractivity contribution in [1.29, 1.82) is 0 Å². The third-order valence-electron chi connectivity index (χ3n) is 4.13. The van der Waals surface area contributed by atoms with Gasteiger partial charge in [0.05, 0.1) is 17.3 Å². The van der Waals surface area contributed by atoms with Crippen molar-refractivity contribution >= 4 is 33.1 Å². The molecule has 1 amide bonds. The van der Waals surface area contributed by atoms with Gasteiger partial charge in [0.25, 0.3) is 0 Å². The Bertz CT molecular complexity index is 703. The van der Waals surface area contributed by atoms with E-state index in [0.29, 0.717) is 6.42 Å². The van der Waals surface area contributed by atoms with Crippen LogP contribution in [0.25, 0.3) is 10.1 Å². The molecule has 2 aliphatic rings. The number of nitrogens with zero attached hydrogens (tertiary/aromatic N) is 1. The summed E-state index contributed by atoms with van der Waals surface area (Å²) in [6.45, 7) is 0.738. The topological polar surface area (TPSA) is 37.4 Å². The van der Waals surface area contributed by atoms with Crippen LogP contribution in [0.4, 0.5) is 0 Å². The molecule has 4 heteroatoms. The maximum atomic E-state index is 12.6. The van der Waals surface area contributed by atoms with Crippen molar-refractivity contribution in [1.82, 2.24) is 4.90 Å². The molecule has 1 aromatic carbocycles. The fourth-order valence-corrected chi connectivity index (χ4v) is 4.42. The van der Waals surface area contributed by atoms with E-state index in [2.05, 4.69) is 0 Å². The molecular weight excluding hydrogens is 258 g/mol. The Kier molecular flexibility index (Phi) is 2.30. The number of amides is 1. The van der Waals surface area contributed by atoms with Gasteiger partial charge in [-0.2, -0.15) is 0 Å². The molecule has 2 aromatic rings. The highest BCUT2D eigenvalue weighted by Gasteiger charge is 2.39. The average molecular weight is 271 g/mol. The molecule has 1 atom stereocenters. The predicted octanol–water partition coefficient (Wildman–Crippen LogP) is 2.63. The number of hydrogen-bond donors (Lipinski definition) is 0. The summed E-state index contributed by atoms with van der Waals surface area (Å²) in [5.41, 5.74) is 0.949. The molecule has 96 valence electrons. The fraction of sp³-hybridized carbons (Fsp3) is 0.333. The monoisotopic (exact) mass is 271 g/mol. The number of Topliss-reactive ketones (excluding diaryl/α,β-unsaturated/α-hetero) is 1. The summed E-state index contributed by atoms with van der Waals surface area (Å²) in [6, 6.07) is 7.78. The van der Waals surface area contributed by atoms with Crippen LogP contribution >= 0.6 is 11.3 Å². The van der Waals surface area contributed by atoms with Gasteiger partial charge in [0, 0.05) is 11.2 Å². The van der Waals surface area contributed by atoms with Crippen LogP contribution in [-0.4, -0.2) is 29.2 Å². The maximum Gasteiger partial charge on any atom is 0.227 e. The first-order valence-electron chi connectivity index (χ1n) is 6.60. The van der Waals surface area contributed by atoms with E-state index in [0.717, 1.165) is 39.9 Å². The summed E-state index contributed by atoms with van der Waals surface area (Å²) in [5, 5.41) is 1.07. The number of carbonyl (C=O) groups is 2. The van der Waals surface area contributed by atoms with Gasteiger partial charge in [-0.1, -0.05) is 18.2 Å². The normalized spacial score (nSPS) is 22.5. The van der Waals surface area contributed by atoms with Crippen LogP contribution in [0.5, 0.6) is 0 Å². The molecule has 1 saturated heterocycles. The predicted molar refractivity (Wildman–Crippen MR) is 74.6 cm³/mol. The van der Waals surface area contributed by atoms with E-state index in [1.54, 1.807) is 16.2 Å². The molecule has 0 spiro atoms. The molecular formula is C15H13NO2S. The third-order valence-corrected chi connectivity index (χ3v) is 5.35. The second-order valence-electron chi connectivity index (χ2n) is 5.19. The number of thiophene rings is 1. The van der Waals surface area contributed by atoms with Gasteiger partial charge in [-0.15, -0.1) is 11.3 Å². The number of rotatable bonds is 0. The minimum absolute atomic E-state index is 0.109. The summed E-state index contributed by atoms with van der Waals surface area (Å²) in [7, 11) is 0. The van der Waals surface area contributed by atoms with Crippen molar-refractivity contribution in [3.63, 3.8) is 0 Å². The SMILES string of the molecule is O=C1c2sc3ccccc3c2CC(=O)N2CCCC12. The van der Waals surface area contributed by atoms with Gasteiger partial charge in [0.15, 0.2) is 5.78 Å². The van der Waals surface area contributed by atoms with Crippen molar-refractivity contribution < 1.29 is 9.59 Å². The lowest BCUT2D eigenvalue weighted by Gasteiger charge is -2.20. The lowest BCUT2D eigenvalue weighted by molar-refractivity contribution is -0.130. The van der Waals surface area contributed by atoms with Crippen molar-refractivity contribution in [3.8, 4) is 0 Å². The van der Waals surface area contributed by atoms with Crippen molar-refractivity contribution in [2.75, 3.05) is 6.54 Å². The smallest absolute Gasteiger partial charge is 0.227 e. The first-order valence-corrected chi connectivity index (χ1v) is 7.41. The van der Waals surface area contributed by atoms with E-state index < -0.39 is 0 Å². The number of benzene rings is 1. The van der Waals surface area contributed by atoms with E-state index in [1.165, 1.54) is 0 Å². The first-order chi connectivity index (χ1) is 9.25. The van der Waals surface area contributed by atoms with Gasteiger partial charge >= 0.3 is 0 Å². The molecule has 19 heavy (non-hydrogen) atoms. The second kappa shape index (κ2) is 3.90. The van der Waals surface area contributed by atoms with E-state index in [4.69, 9.17) is 0 Å². The Labute approximate surface area is 114 Å². The summed E-state index contributed by atoms with van der Waals surface area (Å²) >= 11 is 1.54. The van der Waals surface area contributed by atoms with E-state index in [-0.39, 0.29) is 17.7 Å². The van der Waals surface area contributed by atoms with Crippen molar-refractivity contribution in [3.05, 3.63) is 34.7 Å². The maximum absolute atomic E-state index is 12.6. The van der Waals surface area contributed by atoms with Gasteiger partial charge in [-0.25, -0.2) is 0 Å². The molecule has 0 aliphatic carbocycles. The van der Waals surface area contributed by atoms with E-state index in [9.17, 15) is 9.59 Å². The summed E-state index contributed by atoms with van der Waals surface area (Å²) in [4.78, 5) is 27.6. The largest absolute Gasteiger partial charge is 0.332 e. The Hall–Kier alpha value is -1.68. The van der Waals surface area contributed by atoms with Gasteiger partial charge in [0.2, 0.25) is 5.91 Å². The zero-order chi connectivity index (χ0) is 13.0. The van der Waals surface area contributed by atoms with Gasteiger partial charge in [-0.05, 0) is 29.9 Å². The number of fused-ring (bicyclic) bond motifs is 4. The number of ketones is 1. The molecule has 4 rings (SSSR count). The number of carbonyl (C=O) groups excluding carboxylic acids is 2. The first kappa shape index (κ1) is 11.2. The van der Waals surface area contributed by atoms with Crippen molar-refractivity contribution in [2.24, 2.45) is 0 Å². The molecule has 1 aromatic heterocycles. The van der Waals surface area contributed by atoms with Gasteiger partial charge in [-0.3, -0.25) is 9.59 Å². The lowest BCUT2D eigenvalue weighted by Crippen LogP contribution is -2.38. The molecule has 3 heterocycles. The molecule has 0 N–H and O–H groups in total. The molecule has 3 nitrogen and oxygen atoms in total. The van der Waals surface area contributed by atoms with E-state index >= 15 is 0 Å². The van der Waals surface area contributed by atoms with Gasteiger partial charge in [0.1, 0.15) is 0 Å². The highest BCUT2D eigenvalue weighted by Crippen LogP contribution is 2.37. The average Bonchev–Trinajstić information content (AvgIpc) is 3.01. The minimum Gasteiger partial charge on any atom is -0.332 e. The molecule has 1 fully saturated rings. The zero-order valence-corrected chi connectivity index (χ0v) is 11.2. The zero-order valence-electron chi connectivity index (χ0n) is 10.4. The van der Waals surface area contributed by atoms with Crippen LogP contribution in [0.15, 0.2) is 24.3 Å². The molecule has 2 aliphatic heterocycles. The standard InChI is InChI=1S/C15H13NO2S/c17-13-8-10-9-4-1-2-6-12(9)19-15(10)14(18)11-5-3-7-16(11)13/h1-2,4,6,11H,3,5,7-8H2. The second-order valence-corrected chi connectivity index (χ2v) is 6.24. The van der Waals surface area contributed by atoms with Crippen LogP contribution in [0, 0.1) is 0 Å². The minimum atomic E-state index is -0.207. The van der Waals surface area contributed by atoms with Crippen LogP contribution in [0.3, 0.4) is 0 Å². The Morgan fingerprint density at radius 3 is 2.95 bits per heavy atom. The Balaban J connectivity index is 1.96. The van der Waals surface area contributed by atoms with E-state index in [1.807, 2.05) is 24.3 Å². The summed E-state index contributed by atoms with van der Waals surface area (Å²) in [5.74, 6) is 0.262. The van der Waals surface area contributed by atoms with Crippen LogP contribution in [0.1, 0.15) is 28.1 Å². The van der Waals surface area contributed by atoms with Crippen LogP contribution in [0.2, 0.25) is 0 Å². The highest BCUT2D eigenvalue weighted by atomic mass is 32.1. The van der Waals surface area contributed by atoms with Crippen molar-refractivity contribution in [2.45, 2.75) is 25.3 Å². The number of hydrogen-bond acceptors (Lipinski definition) is 3. The fourth-order valence-electron chi connectivity index (χ4n) is 3.22. The Morgan fingerprint density at radius 2 is 2.05 bits per heavy atom. The Morgan fingerprint density at radius 1 is 1.21 bits per heavy atom. The summed E-state index contributed by atoms with van der Waals surface area (Å²) in [6.07, 6.45) is 2.14. The molecule has 0 saturated carbocycles. The van der Waals surface area contributed by atoms with Gasteiger partial charge < -0.3 is 4.90 Å². The highest BCUT2D eigenvalue weighted by molar-refractivity contribution is 7.21. The molecule has 0 radical (unpaired) electrons.